The Bertz CT molecular complexity index is 757. The fraction of sp³-hybridized carbons (Fsp3) is 0.154. The summed E-state index contributed by atoms with van der Waals surface area (Å²) in [4.78, 5) is 0. The Hall–Kier alpha value is -2.85. The van der Waals surface area contributed by atoms with Crippen molar-refractivity contribution in [1.29, 1.82) is 5.41 Å². The van der Waals surface area contributed by atoms with Crippen LogP contribution in [0.25, 0.3) is 0 Å². The van der Waals surface area contributed by atoms with Crippen molar-refractivity contribution in [3.63, 3.8) is 0 Å². The van der Waals surface area contributed by atoms with Gasteiger partial charge in [0.15, 0.2) is 0 Å². The van der Waals surface area contributed by atoms with Crippen molar-refractivity contribution < 1.29 is 26.3 Å². The lowest BCUT2D eigenvalue weighted by Gasteiger charge is -2.20. The fourth-order valence-corrected chi connectivity index (χ4v) is 1.94. The van der Waals surface area contributed by atoms with Crippen LogP contribution < -0.4 is 11.1 Å². The SMILES string of the molecule is N=C/C=C1\NC(N)=NN=C1c1ccc(C(F)(F)F)cc1C(F)(F)F. The molecule has 24 heavy (non-hydrogen) atoms. The van der Waals surface area contributed by atoms with E-state index in [4.69, 9.17) is 11.1 Å². The van der Waals surface area contributed by atoms with Crippen LogP contribution in [0.1, 0.15) is 16.7 Å². The Morgan fingerprint density at radius 3 is 2.25 bits per heavy atom. The Morgan fingerprint density at radius 1 is 1.04 bits per heavy atom. The van der Waals surface area contributed by atoms with Crippen molar-refractivity contribution >= 4 is 17.9 Å². The molecule has 0 aliphatic carbocycles. The molecule has 0 radical (unpaired) electrons. The molecule has 1 aliphatic heterocycles. The topological polar surface area (TPSA) is 86.6 Å². The van der Waals surface area contributed by atoms with Crippen molar-refractivity contribution in [1.82, 2.24) is 5.32 Å². The Labute approximate surface area is 131 Å². The highest BCUT2D eigenvalue weighted by molar-refractivity contribution is 6.17. The lowest BCUT2D eigenvalue weighted by atomic mass is 9.97. The molecule has 0 saturated heterocycles. The highest BCUT2D eigenvalue weighted by atomic mass is 19.4. The molecule has 0 saturated carbocycles. The number of hydrogen-bond acceptors (Lipinski definition) is 5. The molecule has 0 spiro atoms. The van der Waals surface area contributed by atoms with Gasteiger partial charge in [-0.3, -0.25) is 0 Å². The number of benzene rings is 1. The predicted molar refractivity (Wildman–Crippen MR) is 74.6 cm³/mol. The molecule has 0 unspecified atom stereocenters. The van der Waals surface area contributed by atoms with Gasteiger partial charge in [-0.25, -0.2) is 0 Å². The summed E-state index contributed by atoms with van der Waals surface area (Å²) in [5, 5.41) is 16.3. The van der Waals surface area contributed by atoms with Gasteiger partial charge in [-0.2, -0.15) is 26.3 Å². The highest BCUT2D eigenvalue weighted by Gasteiger charge is 2.39. The van der Waals surface area contributed by atoms with Gasteiger partial charge in [0.2, 0.25) is 5.96 Å². The molecule has 4 N–H and O–H groups in total. The second-order valence-electron chi connectivity index (χ2n) is 4.56. The number of guanidine groups is 1. The van der Waals surface area contributed by atoms with Crippen LogP contribution in [-0.4, -0.2) is 17.9 Å². The lowest BCUT2D eigenvalue weighted by molar-refractivity contribution is -0.143. The Balaban J connectivity index is 2.69. The molecule has 1 aromatic carbocycles. The van der Waals surface area contributed by atoms with E-state index in [-0.39, 0.29) is 23.4 Å². The van der Waals surface area contributed by atoms with Gasteiger partial charge in [-0.1, -0.05) is 6.07 Å². The summed E-state index contributed by atoms with van der Waals surface area (Å²) >= 11 is 0. The van der Waals surface area contributed by atoms with E-state index in [1.165, 1.54) is 0 Å². The van der Waals surface area contributed by atoms with Crippen molar-refractivity contribution in [2.24, 2.45) is 15.9 Å². The predicted octanol–water partition coefficient (Wildman–Crippen LogP) is 2.88. The highest BCUT2D eigenvalue weighted by Crippen LogP contribution is 2.38. The molecule has 128 valence electrons. The van der Waals surface area contributed by atoms with E-state index in [0.29, 0.717) is 12.1 Å². The number of rotatable bonds is 2. The summed E-state index contributed by atoms with van der Waals surface area (Å²) in [5.41, 5.74) is 1.29. The number of allylic oxidation sites excluding steroid dienone is 2. The average molecular weight is 349 g/mol. The van der Waals surface area contributed by atoms with Gasteiger partial charge in [-0.15, -0.1) is 10.2 Å². The zero-order valence-electron chi connectivity index (χ0n) is 11.6. The molecule has 11 heteroatoms. The Morgan fingerprint density at radius 2 is 1.71 bits per heavy atom. The quantitative estimate of drug-likeness (QED) is 0.566. The van der Waals surface area contributed by atoms with Crippen molar-refractivity contribution in [3.8, 4) is 0 Å². The number of nitrogens with zero attached hydrogens (tertiary/aromatic N) is 2. The number of hydrogen-bond donors (Lipinski definition) is 3. The van der Waals surface area contributed by atoms with Gasteiger partial charge >= 0.3 is 12.4 Å². The molecular weight excluding hydrogens is 340 g/mol. The molecule has 1 heterocycles. The van der Waals surface area contributed by atoms with Crippen LogP contribution in [-0.2, 0) is 12.4 Å². The minimum absolute atomic E-state index is 0.00155. The first kappa shape index (κ1) is 17.5. The first-order valence-corrected chi connectivity index (χ1v) is 6.22. The van der Waals surface area contributed by atoms with Crippen LogP contribution in [0.4, 0.5) is 26.3 Å². The number of nitrogens with two attached hydrogens (primary N) is 1. The van der Waals surface area contributed by atoms with Gasteiger partial charge in [0, 0.05) is 11.8 Å². The first-order chi connectivity index (χ1) is 11.0. The smallest absolute Gasteiger partial charge is 0.368 e. The lowest BCUT2D eigenvalue weighted by Crippen LogP contribution is -2.37. The summed E-state index contributed by atoms with van der Waals surface area (Å²) in [6, 6.07) is 1.17. The van der Waals surface area contributed by atoms with E-state index < -0.39 is 29.0 Å². The van der Waals surface area contributed by atoms with Gasteiger partial charge in [-0.05, 0) is 18.2 Å². The zero-order valence-corrected chi connectivity index (χ0v) is 11.6. The molecule has 1 aromatic rings. The number of halogens is 6. The van der Waals surface area contributed by atoms with E-state index >= 15 is 0 Å². The average Bonchev–Trinajstić information content (AvgIpc) is 2.45. The summed E-state index contributed by atoms with van der Waals surface area (Å²) in [5.74, 6) is -0.229. The minimum Gasteiger partial charge on any atom is -0.368 e. The van der Waals surface area contributed by atoms with Crippen LogP contribution in [0.2, 0.25) is 0 Å². The summed E-state index contributed by atoms with van der Waals surface area (Å²) in [6.07, 6.45) is -8.17. The molecule has 0 fully saturated rings. The van der Waals surface area contributed by atoms with Gasteiger partial charge in [0.1, 0.15) is 5.71 Å². The van der Waals surface area contributed by atoms with Gasteiger partial charge < -0.3 is 16.5 Å². The molecule has 1 aliphatic rings. The van der Waals surface area contributed by atoms with Crippen LogP contribution >= 0.6 is 0 Å². The maximum atomic E-state index is 13.2. The van der Waals surface area contributed by atoms with E-state index in [1.807, 2.05) is 0 Å². The van der Waals surface area contributed by atoms with E-state index in [0.717, 1.165) is 12.3 Å². The monoisotopic (exact) mass is 349 g/mol. The first-order valence-electron chi connectivity index (χ1n) is 6.22. The van der Waals surface area contributed by atoms with Crippen molar-refractivity contribution in [2.45, 2.75) is 12.4 Å². The van der Waals surface area contributed by atoms with E-state index in [9.17, 15) is 26.3 Å². The maximum absolute atomic E-state index is 13.2. The third-order valence-corrected chi connectivity index (χ3v) is 2.93. The van der Waals surface area contributed by atoms with Crippen LogP contribution in [0.3, 0.4) is 0 Å². The van der Waals surface area contributed by atoms with E-state index in [2.05, 4.69) is 15.5 Å². The molecule has 0 amide bonds. The third-order valence-electron chi connectivity index (χ3n) is 2.93. The summed E-state index contributed by atoms with van der Waals surface area (Å²) < 4.78 is 77.6. The summed E-state index contributed by atoms with van der Waals surface area (Å²) in [6.45, 7) is 0. The molecule has 0 aromatic heterocycles. The summed E-state index contributed by atoms with van der Waals surface area (Å²) in [7, 11) is 0. The second-order valence-corrected chi connectivity index (χ2v) is 4.56. The zero-order chi connectivity index (χ0) is 18.1. The molecule has 5 nitrogen and oxygen atoms in total. The van der Waals surface area contributed by atoms with Gasteiger partial charge in [0.05, 0.1) is 16.8 Å². The number of alkyl halides is 6. The molecule has 2 rings (SSSR count). The maximum Gasteiger partial charge on any atom is 0.417 e. The van der Waals surface area contributed by atoms with E-state index in [1.54, 1.807) is 0 Å². The Kier molecular flexibility index (Phi) is 4.36. The minimum atomic E-state index is -5.05. The second kappa shape index (κ2) is 5.98. The van der Waals surface area contributed by atoms with Gasteiger partial charge in [0.25, 0.3) is 0 Å². The molecule has 0 atom stereocenters. The normalized spacial score (nSPS) is 17.2. The molecule has 0 bridgehead atoms. The molecular formula is C13H9F6N5. The standard InChI is InChI=1S/C13H9F6N5/c14-12(15,16)6-1-2-7(8(5-6)13(17,18)19)10-9(3-4-20)22-11(21)24-23-10/h1-5,20H,(H3,21,22,24)/b9-3-,20-4?. The van der Waals surface area contributed by atoms with Crippen LogP contribution in [0.15, 0.2) is 40.2 Å². The van der Waals surface area contributed by atoms with Crippen LogP contribution in [0, 0.1) is 5.41 Å². The van der Waals surface area contributed by atoms with Crippen molar-refractivity contribution in [3.05, 3.63) is 46.7 Å². The van der Waals surface area contributed by atoms with Crippen LogP contribution in [0.5, 0.6) is 0 Å². The third kappa shape index (κ3) is 3.55. The van der Waals surface area contributed by atoms with Crippen molar-refractivity contribution in [2.75, 3.05) is 0 Å². The largest absolute Gasteiger partial charge is 0.417 e. The number of nitrogens with one attached hydrogen (secondary N) is 2. The fourth-order valence-electron chi connectivity index (χ4n) is 1.94.